The topological polar surface area (TPSA) is 84.8 Å². The average molecular weight is 240 g/mol. The Labute approximate surface area is 105 Å². The SMILES string of the molecule is CCOc1ccccc1-c1ncc(C#N)c(N)n1. The average Bonchev–Trinajstić information content (AvgIpc) is 2.40. The number of nitrogen functional groups attached to an aromatic ring is 1. The van der Waals surface area contributed by atoms with Crippen LogP contribution in [0.4, 0.5) is 5.82 Å². The minimum absolute atomic E-state index is 0.175. The molecule has 1 aromatic carbocycles. The number of nitrogens with zero attached hydrogens (tertiary/aromatic N) is 3. The van der Waals surface area contributed by atoms with Crippen LogP contribution >= 0.6 is 0 Å². The summed E-state index contributed by atoms with van der Waals surface area (Å²) in [4.78, 5) is 8.25. The molecule has 0 aliphatic rings. The van der Waals surface area contributed by atoms with Gasteiger partial charge in [-0.1, -0.05) is 12.1 Å². The number of rotatable bonds is 3. The number of hydrogen-bond acceptors (Lipinski definition) is 5. The van der Waals surface area contributed by atoms with E-state index in [-0.39, 0.29) is 11.4 Å². The summed E-state index contributed by atoms with van der Waals surface area (Å²) in [5, 5.41) is 8.78. The lowest BCUT2D eigenvalue weighted by Crippen LogP contribution is -2.01. The van der Waals surface area contributed by atoms with E-state index in [4.69, 9.17) is 15.7 Å². The molecule has 2 aromatic rings. The summed E-state index contributed by atoms with van der Waals surface area (Å²) in [5.74, 6) is 1.33. The zero-order valence-corrected chi connectivity index (χ0v) is 9.92. The minimum atomic E-state index is 0.175. The van der Waals surface area contributed by atoms with Crippen molar-refractivity contribution in [2.75, 3.05) is 12.3 Å². The fraction of sp³-hybridized carbons (Fsp3) is 0.154. The Kier molecular flexibility index (Phi) is 3.39. The van der Waals surface area contributed by atoms with Gasteiger partial charge in [-0.25, -0.2) is 9.97 Å². The molecule has 2 rings (SSSR count). The normalized spacial score (nSPS) is 9.78. The van der Waals surface area contributed by atoms with Gasteiger partial charge < -0.3 is 10.5 Å². The predicted molar refractivity (Wildman–Crippen MR) is 67.8 cm³/mol. The van der Waals surface area contributed by atoms with Crippen LogP contribution < -0.4 is 10.5 Å². The summed E-state index contributed by atoms with van der Waals surface area (Å²) in [7, 11) is 0. The van der Waals surface area contributed by atoms with Crippen LogP contribution in [-0.4, -0.2) is 16.6 Å². The monoisotopic (exact) mass is 240 g/mol. The molecule has 5 nitrogen and oxygen atoms in total. The van der Waals surface area contributed by atoms with Gasteiger partial charge in [0.15, 0.2) is 5.82 Å². The third-order valence-corrected chi connectivity index (χ3v) is 2.37. The number of para-hydroxylation sites is 1. The number of nitriles is 1. The van der Waals surface area contributed by atoms with Crippen molar-refractivity contribution in [3.63, 3.8) is 0 Å². The first-order valence-electron chi connectivity index (χ1n) is 5.51. The van der Waals surface area contributed by atoms with Crippen LogP contribution in [0.3, 0.4) is 0 Å². The van der Waals surface area contributed by atoms with Gasteiger partial charge >= 0.3 is 0 Å². The van der Waals surface area contributed by atoms with E-state index < -0.39 is 0 Å². The van der Waals surface area contributed by atoms with E-state index in [9.17, 15) is 0 Å². The molecule has 0 amide bonds. The molecule has 90 valence electrons. The highest BCUT2D eigenvalue weighted by atomic mass is 16.5. The molecule has 0 unspecified atom stereocenters. The molecule has 0 aliphatic carbocycles. The van der Waals surface area contributed by atoms with Gasteiger partial charge in [0.2, 0.25) is 0 Å². The number of anilines is 1. The van der Waals surface area contributed by atoms with Crippen LogP contribution in [0.15, 0.2) is 30.5 Å². The number of aromatic nitrogens is 2. The van der Waals surface area contributed by atoms with Crippen LogP contribution in [0.1, 0.15) is 12.5 Å². The van der Waals surface area contributed by atoms with Crippen LogP contribution in [0, 0.1) is 11.3 Å². The second kappa shape index (κ2) is 5.15. The lowest BCUT2D eigenvalue weighted by atomic mass is 10.2. The van der Waals surface area contributed by atoms with Crippen molar-refractivity contribution in [1.29, 1.82) is 5.26 Å². The Bertz CT molecular complexity index is 604. The van der Waals surface area contributed by atoms with Gasteiger partial charge in [-0.3, -0.25) is 0 Å². The van der Waals surface area contributed by atoms with E-state index in [0.717, 1.165) is 5.56 Å². The van der Waals surface area contributed by atoms with Crippen molar-refractivity contribution in [2.24, 2.45) is 0 Å². The molecule has 0 saturated carbocycles. The molecule has 0 spiro atoms. The summed E-state index contributed by atoms with van der Waals surface area (Å²) < 4.78 is 5.50. The zero-order chi connectivity index (χ0) is 13.0. The Morgan fingerprint density at radius 1 is 1.39 bits per heavy atom. The van der Waals surface area contributed by atoms with Crippen LogP contribution in [0.25, 0.3) is 11.4 Å². The molecule has 1 aromatic heterocycles. The van der Waals surface area contributed by atoms with Crippen molar-refractivity contribution >= 4 is 5.82 Å². The zero-order valence-electron chi connectivity index (χ0n) is 9.92. The lowest BCUT2D eigenvalue weighted by Gasteiger charge is -2.09. The van der Waals surface area contributed by atoms with Crippen molar-refractivity contribution in [2.45, 2.75) is 6.92 Å². The van der Waals surface area contributed by atoms with Crippen LogP contribution in [0.2, 0.25) is 0 Å². The summed E-state index contributed by atoms with van der Waals surface area (Å²) >= 11 is 0. The van der Waals surface area contributed by atoms with E-state index in [0.29, 0.717) is 18.2 Å². The van der Waals surface area contributed by atoms with Crippen molar-refractivity contribution in [3.8, 4) is 23.2 Å². The Morgan fingerprint density at radius 3 is 2.83 bits per heavy atom. The highest BCUT2D eigenvalue weighted by Gasteiger charge is 2.10. The maximum atomic E-state index is 8.78. The van der Waals surface area contributed by atoms with E-state index in [2.05, 4.69) is 9.97 Å². The summed E-state index contributed by atoms with van der Waals surface area (Å²) in [6.07, 6.45) is 1.42. The van der Waals surface area contributed by atoms with Gasteiger partial charge in [0, 0.05) is 0 Å². The van der Waals surface area contributed by atoms with E-state index in [1.54, 1.807) is 0 Å². The van der Waals surface area contributed by atoms with E-state index in [1.807, 2.05) is 37.3 Å². The molecule has 2 N–H and O–H groups in total. The Balaban J connectivity index is 2.49. The molecular weight excluding hydrogens is 228 g/mol. The standard InChI is InChI=1S/C13H12N4O/c1-2-18-11-6-4-3-5-10(11)13-16-8-9(7-14)12(15)17-13/h3-6,8H,2H2,1H3,(H2,15,16,17). The van der Waals surface area contributed by atoms with Gasteiger partial charge in [0.1, 0.15) is 23.2 Å². The molecule has 0 aliphatic heterocycles. The van der Waals surface area contributed by atoms with Gasteiger partial charge in [-0.05, 0) is 19.1 Å². The quantitative estimate of drug-likeness (QED) is 0.886. The molecular formula is C13H12N4O. The van der Waals surface area contributed by atoms with Crippen LogP contribution in [0.5, 0.6) is 5.75 Å². The largest absolute Gasteiger partial charge is 0.493 e. The van der Waals surface area contributed by atoms with Gasteiger partial charge in [-0.2, -0.15) is 5.26 Å². The molecule has 0 saturated heterocycles. The second-order valence-corrected chi connectivity index (χ2v) is 3.53. The molecule has 5 heteroatoms. The minimum Gasteiger partial charge on any atom is -0.493 e. The molecule has 0 bridgehead atoms. The molecule has 0 radical (unpaired) electrons. The lowest BCUT2D eigenvalue weighted by molar-refractivity contribution is 0.341. The number of nitrogens with two attached hydrogens (primary N) is 1. The predicted octanol–water partition coefficient (Wildman–Crippen LogP) is 2.00. The van der Waals surface area contributed by atoms with E-state index >= 15 is 0 Å². The molecule has 0 atom stereocenters. The third-order valence-electron chi connectivity index (χ3n) is 2.37. The Hall–Kier alpha value is -2.61. The van der Waals surface area contributed by atoms with Crippen molar-refractivity contribution in [1.82, 2.24) is 9.97 Å². The van der Waals surface area contributed by atoms with Crippen molar-refractivity contribution < 1.29 is 4.74 Å². The molecule has 18 heavy (non-hydrogen) atoms. The van der Waals surface area contributed by atoms with Crippen LogP contribution in [-0.2, 0) is 0 Å². The van der Waals surface area contributed by atoms with Crippen molar-refractivity contribution in [3.05, 3.63) is 36.0 Å². The van der Waals surface area contributed by atoms with Gasteiger partial charge in [0.25, 0.3) is 0 Å². The summed E-state index contributed by atoms with van der Waals surface area (Å²) in [5.41, 5.74) is 6.71. The fourth-order valence-corrected chi connectivity index (χ4v) is 1.54. The van der Waals surface area contributed by atoms with E-state index in [1.165, 1.54) is 6.20 Å². The molecule has 1 heterocycles. The highest BCUT2D eigenvalue weighted by Crippen LogP contribution is 2.27. The second-order valence-electron chi connectivity index (χ2n) is 3.53. The smallest absolute Gasteiger partial charge is 0.165 e. The fourth-order valence-electron chi connectivity index (χ4n) is 1.54. The maximum Gasteiger partial charge on any atom is 0.165 e. The first-order valence-corrected chi connectivity index (χ1v) is 5.51. The highest BCUT2D eigenvalue weighted by molar-refractivity contribution is 5.66. The maximum absolute atomic E-state index is 8.78. The van der Waals surface area contributed by atoms with Gasteiger partial charge in [-0.15, -0.1) is 0 Å². The first-order chi connectivity index (χ1) is 8.76. The Morgan fingerprint density at radius 2 is 2.17 bits per heavy atom. The summed E-state index contributed by atoms with van der Waals surface area (Å²) in [6, 6.07) is 9.38. The summed E-state index contributed by atoms with van der Waals surface area (Å²) in [6.45, 7) is 2.47. The number of benzene rings is 1. The number of ether oxygens (including phenoxy) is 1. The molecule has 0 fully saturated rings. The number of hydrogen-bond donors (Lipinski definition) is 1. The van der Waals surface area contributed by atoms with Gasteiger partial charge in [0.05, 0.1) is 18.4 Å². The third kappa shape index (κ3) is 2.23. The first kappa shape index (κ1) is 11.9.